The van der Waals surface area contributed by atoms with Gasteiger partial charge in [-0.15, -0.1) is 0 Å². The van der Waals surface area contributed by atoms with Crippen molar-refractivity contribution in [3.05, 3.63) is 57.8 Å². The largest absolute Gasteiger partial charge is 0.478 e. The Morgan fingerprint density at radius 1 is 1.19 bits per heavy atom. The molecule has 0 atom stereocenters. The zero-order chi connectivity index (χ0) is 15.1. The summed E-state index contributed by atoms with van der Waals surface area (Å²) >= 11 is 3.53. The first kappa shape index (κ1) is 13.8. The van der Waals surface area contributed by atoms with E-state index < -0.39 is 5.97 Å². The second kappa shape index (κ2) is 5.00. The number of carbonyl (C=O) groups is 1. The lowest BCUT2D eigenvalue weighted by Gasteiger charge is -2.11. The number of aryl methyl sites for hydroxylation is 1. The first-order chi connectivity index (χ1) is 10.0. The molecular weight excluding hydrogens is 332 g/mol. The summed E-state index contributed by atoms with van der Waals surface area (Å²) in [6, 6.07) is 11.2. The Balaban J connectivity index is 2.39. The molecule has 21 heavy (non-hydrogen) atoms. The van der Waals surface area contributed by atoms with Crippen molar-refractivity contribution in [2.24, 2.45) is 0 Å². The van der Waals surface area contributed by atoms with Crippen LogP contribution in [0.4, 0.5) is 0 Å². The van der Waals surface area contributed by atoms with Crippen LogP contribution in [0.5, 0.6) is 0 Å². The molecule has 0 aliphatic carbocycles. The number of aromatic nitrogens is 2. The third kappa shape index (κ3) is 2.14. The number of carboxylic acids is 1. The first-order valence-corrected chi connectivity index (χ1v) is 7.27. The summed E-state index contributed by atoms with van der Waals surface area (Å²) in [4.78, 5) is 15.8. The fraction of sp³-hybridized carbons (Fsp3) is 0.125. The Morgan fingerprint density at radius 3 is 2.62 bits per heavy atom. The SMILES string of the molecule is Cc1c(Br)cccc1-n1c(C)nc2c(C(=O)O)cccc21. The molecule has 0 unspecified atom stereocenters. The van der Waals surface area contributed by atoms with Crippen molar-refractivity contribution in [1.82, 2.24) is 9.55 Å². The lowest BCUT2D eigenvalue weighted by Crippen LogP contribution is -2.00. The van der Waals surface area contributed by atoms with E-state index in [1.165, 1.54) is 0 Å². The molecule has 1 aromatic heterocycles. The number of hydrogen-bond donors (Lipinski definition) is 1. The first-order valence-electron chi connectivity index (χ1n) is 6.47. The zero-order valence-corrected chi connectivity index (χ0v) is 13.2. The molecule has 3 rings (SSSR count). The molecule has 0 saturated heterocycles. The molecule has 0 bridgehead atoms. The summed E-state index contributed by atoms with van der Waals surface area (Å²) in [6.07, 6.45) is 0. The van der Waals surface area contributed by atoms with Crippen molar-refractivity contribution in [1.29, 1.82) is 0 Å². The van der Waals surface area contributed by atoms with Crippen LogP contribution in [0.15, 0.2) is 40.9 Å². The predicted molar refractivity (Wildman–Crippen MR) is 85.2 cm³/mol. The maximum Gasteiger partial charge on any atom is 0.337 e. The molecule has 0 aliphatic heterocycles. The van der Waals surface area contributed by atoms with Crippen LogP contribution in [0.1, 0.15) is 21.7 Å². The van der Waals surface area contributed by atoms with E-state index in [1.54, 1.807) is 12.1 Å². The number of hydrogen-bond acceptors (Lipinski definition) is 2. The van der Waals surface area contributed by atoms with E-state index in [9.17, 15) is 9.90 Å². The van der Waals surface area contributed by atoms with Crippen LogP contribution in [0.3, 0.4) is 0 Å². The molecule has 4 nitrogen and oxygen atoms in total. The van der Waals surface area contributed by atoms with E-state index in [4.69, 9.17) is 0 Å². The van der Waals surface area contributed by atoms with Crippen molar-refractivity contribution in [2.45, 2.75) is 13.8 Å². The Hall–Kier alpha value is -2.14. The minimum atomic E-state index is -0.962. The topological polar surface area (TPSA) is 55.1 Å². The van der Waals surface area contributed by atoms with Crippen molar-refractivity contribution >= 4 is 32.9 Å². The molecule has 0 radical (unpaired) electrons. The molecule has 0 aliphatic rings. The van der Waals surface area contributed by atoms with E-state index in [0.717, 1.165) is 27.1 Å². The summed E-state index contributed by atoms with van der Waals surface area (Å²) in [5, 5.41) is 9.30. The van der Waals surface area contributed by atoms with E-state index in [0.29, 0.717) is 5.52 Å². The van der Waals surface area contributed by atoms with Crippen LogP contribution in [-0.4, -0.2) is 20.6 Å². The quantitative estimate of drug-likeness (QED) is 0.761. The van der Waals surface area contributed by atoms with Gasteiger partial charge in [-0.25, -0.2) is 9.78 Å². The fourth-order valence-electron chi connectivity index (χ4n) is 2.53. The van der Waals surface area contributed by atoms with Gasteiger partial charge in [-0.3, -0.25) is 4.57 Å². The van der Waals surface area contributed by atoms with E-state index in [1.807, 2.05) is 42.7 Å². The number of halogens is 1. The average molecular weight is 345 g/mol. The van der Waals surface area contributed by atoms with E-state index in [2.05, 4.69) is 20.9 Å². The second-order valence-electron chi connectivity index (χ2n) is 4.86. The van der Waals surface area contributed by atoms with Crippen LogP contribution in [-0.2, 0) is 0 Å². The normalized spacial score (nSPS) is 11.0. The lowest BCUT2D eigenvalue weighted by atomic mass is 10.1. The highest BCUT2D eigenvalue weighted by Gasteiger charge is 2.17. The third-order valence-electron chi connectivity index (χ3n) is 3.56. The van der Waals surface area contributed by atoms with Gasteiger partial charge in [0.05, 0.1) is 16.8 Å². The van der Waals surface area contributed by atoms with Crippen LogP contribution in [0, 0.1) is 13.8 Å². The standard InChI is InChI=1S/C16H13BrN2O2/c1-9-12(17)6-4-7-13(9)19-10(2)18-15-11(16(20)21)5-3-8-14(15)19/h3-8H,1-2H3,(H,20,21). The van der Waals surface area contributed by atoms with Gasteiger partial charge >= 0.3 is 5.97 Å². The smallest absolute Gasteiger partial charge is 0.337 e. The van der Waals surface area contributed by atoms with Gasteiger partial charge in [-0.1, -0.05) is 28.1 Å². The molecule has 2 aromatic carbocycles. The van der Waals surface area contributed by atoms with E-state index >= 15 is 0 Å². The van der Waals surface area contributed by atoms with E-state index in [-0.39, 0.29) is 5.56 Å². The zero-order valence-electron chi connectivity index (χ0n) is 11.6. The third-order valence-corrected chi connectivity index (χ3v) is 4.42. The maximum atomic E-state index is 11.3. The lowest BCUT2D eigenvalue weighted by molar-refractivity contribution is 0.0699. The molecule has 0 amide bonds. The molecule has 0 saturated carbocycles. The van der Waals surface area contributed by atoms with Crippen molar-refractivity contribution in [2.75, 3.05) is 0 Å². The molecule has 1 heterocycles. The molecule has 5 heteroatoms. The Kier molecular flexibility index (Phi) is 3.29. The Bertz CT molecular complexity index is 868. The van der Waals surface area contributed by atoms with Crippen molar-refractivity contribution in [3.8, 4) is 5.69 Å². The molecule has 0 spiro atoms. The molecule has 3 aromatic rings. The van der Waals surface area contributed by atoms with Gasteiger partial charge in [0.25, 0.3) is 0 Å². The van der Waals surface area contributed by atoms with Crippen LogP contribution in [0.25, 0.3) is 16.7 Å². The average Bonchev–Trinajstić information content (AvgIpc) is 2.77. The summed E-state index contributed by atoms with van der Waals surface area (Å²) in [7, 11) is 0. The van der Waals surface area contributed by atoms with Gasteiger partial charge in [-0.05, 0) is 43.7 Å². The summed E-state index contributed by atoms with van der Waals surface area (Å²) in [5.74, 6) is -0.198. The van der Waals surface area contributed by atoms with Gasteiger partial charge in [0, 0.05) is 4.47 Å². The number of para-hydroxylation sites is 1. The van der Waals surface area contributed by atoms with Crippen LogP contribution < -0.4 is 0 Å². The molecular formula is C16H13BrN2O2. The predicted octanol–water partition coefficient (Wildman–Crippen LogP) is 4.10. The summed E-state index contributed by atoms with van der Waals surface area (Å²) < 4.78 is 3.00. The highest BCUT2D eigenvalue weighted by atomic mass is 79.9. The monoisotopic (exact) mass is 344 g/mol. The van der Waals surface area contributed by atoms with Gasteiger partial charge in [0.15, 0.2) is 0 Å². The minimum absolute atomic E-state index is 0.224. The number of benzene rings is 2. The molecule has 106 valence electrons. The number of imidazole rings is 1. The highest BCUT2D eigenvalue weighted by Crippen LogP contribution is 2.28. The van der Waals surface area contributed by atoms with Gasteiger partial charge in [-0.2, -0.15) is 0 Å². The van der Waals surface area contributed by atoms with Crippen molar-refractivity contribution < 1.29 is 9.90 Å². The Morgan fingerprint density at radius 2 is 1.90 bits per heavy atom. The van der Waals surface area contributed by atoms with Crippen LogP contribution in [0.2, 0.25) is 0 Å². The van der Waals surface area contributed by atoms with Gasteiger partial charge < -0.3 is 5.11 Å². The fourth-order valence-corrected chi connectivity index (χ4v) is 2.89. The number of nitrogens with zero attached hydrogens (tertiary/aromatic N) is 2. The minimum Gasteiger partial charge on any atom is -0.478 e. The highest BCUT2D eigenvalue weighted by molar-refractivity contribution is 9.10. The van der Waals surface area contributed by atoms with Gasteiger partial charge in [0.2, 0.25) is 0 Å². The van der Waals surface area contributed by atoms with Crippen molar-refractivity contribution in [3.63, 3.8) is 0 Å². The molecule has 0 fully saturated rings. The number of carboxylic acid groups (broad SMARTS) is 1. The summed E-state index contributed by atoms with van der Waals surface area (Å²) in [5.41, 5.74) is 3.62. The molecule has 1 N–H and O–H groups in total. The second-order valence-corrected chi connectivity index (χ2v) is 5.71. The van der Waals surface area contributed by atoms with Gasteiger partial charge in [0.1, 0.15) is 11.3 Å². The Labute approximate surface area is 130 Å². The number of aromatic carboxylic acids is 1. The van der Waals surface area contributed by atoms with Crippen LogP contribution >= 0.6 is 15.9 Å². The number of rotatable bonds is 2. The maximum absolute atomic E-state index is 11.3. The number of fused-ring (bicyclic) bond motifs is 1. The summed E-state index contributed by atoms with van der Waals surface area (Å²) in [6.45, 7) is 3.90.